The highest BCUT2D eigenvalue weighted by Gasteiger charge is 2.24. The van der Waals surface area contributed by atoms with Gasteiger partial charge in [0.2, 0.25) is 0 Å². The summed E-state index contributed by atoms with van der Waals surface area (Å²) in [6.45, 7) is 8.67. The summed E-state index contributed by atoms with van der Waals surface area (Å²) in [5.41, 5.74) is 4.80. The Bertz CT molecular complexity index is 196. The van der Waals surface area contributed by atoms with Gasteiger partial charge in [-0.2, -0.15) is 0 Å². The molecule has 0 amide bonds. The maximum absolute atomic E-state index is 9.83. The minimum absolute atomic E-state index is 0.342. The Labute approximate surface area is 93.0 Å². The van der Waals surface area contributed by atoms with E-state index in [-0.39, 0.29) is 0 Å². The second-order valence-electron chi connectivity index (χ2n) is 5.10. The molecule has 1 aliphatic heterocycles. The highest BCUT2D eigenvalue weighted by molar-refractivity contribution is 4.81. The van der Waals surface area contributed by atoms with Gasteiger partial charge in [0.05, 0.1) is 5.60 Å². The monoisotopic (exact) mass is 215 g/mol. The SMILES string of the molecule is CC1CN(C)CCN1CCC(C)(O)CN. The van der Waals surface area contributed by atoms with E-state index in [1.807, 2.05) is 6.92 Å². The van der Waals surface area contributed by atoms with Gasteiger partial charge in [-0.05, 0) is 27.3 Å². The zero-order valence-corrected chi connectivity index (χ0v) is 10.2. The Morgan fingerprint density at radius 2 is 2.13 bits per heavy atom. The van der Waals surface area contributed by atoms with Crippen molar-refractivity contribution >= 4 is 0 Å². The average molecular weight is 215 g/mol. The molecule has 15 heavy (non-hydrogen) atoms. The lowest BCUT2D eigenvalue weighted by Gasteiger charge is -2.39. The van der Waals surface area contributed by atoms with Gasteiger partial charge < -0.3 is 15.7 Å². The van der Waals surface area contributed by atoms with E-state index in [0.29, 0.717) is 12.6 Å². The van der Waals surface area contributed by atoms with Crippen molar-refractivity contribution in [2.24, 2.45) is 5.73 Å². The van der Waals surface area contributed by atoms with Crippen molar-refractivity contribution < 1.29 is 5.11 Å². The van der Waals surface area contributed by atoms with Crippen molar-refractivity contribution in [2.45, 2.75) is 31.9 Å². The van der Waals surface area contributed by atoms with Gasteiger partial charge in [0.1, 0.15) is 0 Å². The molecule has 4 heteroatoms. The summed E-state index contributed by atoms with van der Waals surface area (Å²) in [4.78, 5) is 4.78. The molecule has 0 saturated carbocycles. The van der Waals surface area contributed by atoms with Gasteiger partial charge in [-0.25, -0.2) is 0 Å². The Kier molecular flexibility index (Phi) is 4.52. The highest BCUT2D eigenvalue weighted by atomic mass is 16.3. The summed E-state index contributed by atoms with van der Waals surface area (Å²) in [6, 6.07) is 0.581. The first-order valence-corrected chi connectivity index (χ1v) is 5.79. The predicted octanol–water partition coefficient (Wildman–Crippen LogP) is -0.278. The smallest absolute Gasteiger partial charge is 0.0753 e. The van der Waals surface area contributed by atoms with Crippen molar-refractivity contribution in [1.82, 2.24) is 9.80 Å². The summed E-state index contributed by atoms with van der Waals surface area (Å²) in [5, 5.41) is 9.83. The summed E-state index contributed by atoms with van der Waals surface area (Å²) in [5.74, 6) is 0. The number of hydrogen-bond donors (Lipinski definition) is 2. The molecule has 0 aromatic carbocycles. The molecule has 0 aromatic heterocycles. The number of piperazine rings is 1. The molecule has 2 atom stereocenters. The molecular weight excluding hydrogens is 190 g/mol. The van der Waals surface area contributed by atoms with Crippen LogP contribution in [0.15, 0.2) is 0 Å². The average Bonchev–Trinajstić information content (AvgIpc) is 2.16. The van der Waals surface area contributed by atoms with E-state index >= 15 is 0 Å². The first kappa shape index (κ1) is 12.9. The molecule has 90 valence electrons. The minimum atomic E-state index is -0.705. The van der Waals surface area contributed by atoms with E-state index in [0.717, 1.165) is 32.6 Å². The van der Waals surface area contributed by atoms with Crippen molar-refractivity contribution in [3.05, 3.63) is 0 Å². The number of hydrogen-bond acceptors (Lipinski definition) is 4. The molecule has 1 fully saturated rings. The lowest BCUT2D eigenvalue weighted by molar-refractivity contribution is 0.0292. The first-order chi connectivity index (χ1) is 6.94. The van der Waals surface area contributed by atoms with Crippen LogP contribution in [0.3, 0.4) is 0 Å². The molecule has 0 aliphatic carbocycles. The fourth-order valence-electron chi connectivity index (χ4n) is 2.00. The summed E-state index contributed by atoms with van der Waals surface area (Å²) >= 11 is 0. The highest BCUT2D eigenvalue weighted by Crippen LogP contribution is 2.13. The first-order valence-electron chi connectivity index (χ1n) is 5.79. The Morgan fingerprint density at radius 3 is 2.67 bits per heavy atom. The van der Waals surface area contributed by atoms with Crippen molar-refractivity contribution in [3.63, 3.8) is 0 Å². The van der Waals surface area contributed by atoms with Crippen LogP contribution in [0.2, 0.25) is 0 Å². The molecule has 1 heterocycles. The number of nitrogens with two attached hydrogens (primary N) is 1. The molecule has 3 N–H and O–H groups in total. The van der Waals surface area contributed by atoms with Gasteiger partial charge in [-0.3, -0.25) is 4.90 Å². The molecule has 1 aliphatic rings. The van der Waals surface area contributed by atoms with Gasteiger partial charge in [-0.15, -0.1) is 0 Å². The van der Waals surface area contributed by atoms with Gasteiger partial charge in [0, 0.05) is 38.8 Å². The fraction of sp³-hybridized carbons (Fsp3) is 1.00. The molecular formula is C11H25N3O. The Morgan fingerprint density at radius 1 is 1.47 bits per heavy atom. The fourth-order valence-corrected chi connectivity index (χ4v) is 2.00. The van der Waals surface area contributed by atoms with Crippen LogP contribution < -0.4 is 5.73 Å². The van der Waals surface area contributed by atoms with Crippen LogP contribution in [0, 0.1) is 0 Å². The van der Waals surface area contributed by atoms with Crippen LogP contribution >= 0.6 is 0 Å². The molecule has 1 saturated heterocycles. The lowest BCUT2D eigenvalue weighted by atomic mass is 10.0. The van der Waals surface area contributed by atoms with E-state index in [2.05, 4.69) is 23.8 Å². The van der Waals surface area contributed by atoms with E-state index in [4.69, 9.17) is 5.73 Å². The normalized spacial score (nSPS) is 29.0. The number of aliphatic hydroxyl groups is 1. The summed E-state index contributed by atoms with van der Waals surface area (Å²) in [6.07, 6.45) is 0.761. The molecule has 2 unspecified atom stereocenters. The maximum Gasteiger partial charge on any atom is 0.0753 e. The van der Waals surface area contributed by atoms with E-state index in [1.165, 1.54) is 0 Å². The molecule has 4 nitrogen and oxygen atoms in total. The quantitative estimate of drug-likeness (QED) is 0.677. The van der Waals surface area contributed by atoms with Crippen LogP contribution in [0.4, 0.5) is 0 Å². The third-order valence-electron chi connectivity index (χ3n) is 3.35. The molecule has 0 bridgehead atoms. The molecule has 0 radical (unpaired) electrons. The minimum Gasteiger partial charge on any atom is -0.389 e. The van der Waals surface area contributed by atoms with Crippen LogP contribution in [-0.2, 0) is 0 Å². The third-order valence-corrected chi connectivity index (χ3v) is 3.35. The van der Waals surface area contributed by atoms with Gasteiger partial charge in [-0.1, -0.05) is 0 Å². The number of likely N-dealkylation sites (N-methyl/N-ethyl adjacent to an activating group) is 1. The van der Waals surface area contributed by atoms with Gasteiger partial charge in [0.25, 0.3) is 0 Å². The lowest BCUT2D eigenvalue weighted by Crippen LogP contribution is -2.51. The molecule has 0 spiro atoms. The number of rotatable bonds is 4. The second kappa shape index (κ2) is 5.25. The predicted molar refractivity (Wildman–Crippen MR) is 62.8 cm³/mol. The van der Waals surface area contributed by atoms with E-state index < -0.39 is 5.60 Å². The zero-order chi connectivity index (χ0) is 11.5. The number of nitrogens with zero attached hydrogens (tertiary/aromatic N) is 2. The van der Waals surface area contributed by atoms with E-state index in [9.17, 15) is 5.11 Å². The summed E-state index contributed by atoms with van der Waals surface area (Å²) in [7, 11) is 2.16. The Balaban J connectivity index is 2.33. The van der Waals surface area contributed by atoms with Crippen LogP contribution in [0.1, 0.15) is 20.3 Å². The molecule has 0 aromatic rings. The van der Waals surface area contributed by atoms with Crippen molar-refractivity contribution in [1.29, 1.82) is 0 Å². The summed E-state index contributed by atoms with van der Waals surface area (Å²) < 4.78 is 0. The van der Waals surface area contributed by atoms with Crippen LogP contribution in [-0.4, -0.2) is 66.3 Å². The third kappa shape index (κ3) is 4.07. The van der Waals surface area contributed by atoms with Gasteiger partial charge >= 0.3 is 0 Å². The standard InChI is InChI=1S/C11H25N3O/c1-10-8-13(3)6-7-14(10)5-4-11(2,15)9-12/h10,15H,4-9,12H2,1-3H3. The van der Waals surface area contributed by atoms with Gasteiger partial charge in [0.15, 0.2) is 0 Å². The Hall–Kier alpha value is -0.160. The second-order valence-corrected chi connectivity index (χ2v) is 5.10. The van der Waals surface area contributed by atoms with E-state index in [1.54, 1.807) is 0 Å². The molecule has 1 rings (SSSR count). The van der Waals surface area contributed by atoms with Crippen LogP contribution in [0.25, 0.3) is 0 Å². The van der Waals surface area contributed by atoms with Crippen LogP contribution in [0.5, 0.6) is 0 Å². The van der Waals surface area contributed by atoms with Crippen molar-refractivity contribution in [3.8, 4) is 0 Å². The maximum atomic E-state index is 9.83. The van der Waals surface area contributed by atoms with Crippen molar-refractivity contribution in [2.75, 3.05) is 39.8 Å². The largest absolute Gasteiger partial charge is 0.389 e. The zero-order valence-electron chi connectivity index (χ0n) is 10.2. The topological polar surface area (TPSA) is 52.7 Å².